The molecule has 246 valence electrons. The van der Waals surface area contributed by atoms with Crippen LogP contribution in [0, 0.1) is 5.82 Å². The normalized spacial score (nSPS) is 10.7. The van der Waals surface area contributed by atoms with Crippen molar-refractivity contribution in [1.29, 1.82) is 0 Å². The fourth-order valence-electron chi connectivity index (χ4n) is 4.05. The van der Waals surface area contributed by atoms with Gasteiger partial charge in [0.25, 0.3) is 0 Å². The van der Waals surface area contributed by atoms with Crippen molar-refractivity contribution in [2.75, 3.05) is 65.0 Å². The molecule has 4 N–H and O–H groups in total. The summed E-state index contributed by atoms with van der Waals surface area (Å²) in [5.41, 5.74) is 2.84. The summed E-state index contributed by atoms with van der Waals surface area (Å²) in [6.45, 7) is 3.17. The van der Waals surface area contributed by atoms with Crippen LogP contribution in [0.15, 0.2) is 93.3 Å². The third-order valence-corrected chi connectivity index (χ3v) is 8.59. The second-order valence-electron chi connectivity index (χ2n) is 10.8. The first-order valence-electron chi connectivity index (χ1n) is 14.8. The van der Waals surface area contributed by atoms with Crippen LogP contribution < -0.4 is 21.3 Å². The summed E-state index contributed by atoms with van der Waals surface area (Å²) in [6, 6.07) is 21.0. The number of amides is 4. The van der Waals surface area contributed by atoms with Crippen LogP contribution in [0.25, 0.3) is 11.1 Å². The maximum absolute atomic E-state index is 13.7. The monoisotopic (exact) mass is 684 g/mol. The van der Waals surface area contributed by atoms with Crippen LogP contribution in [0.2, 0.25) is 5.02 Å². The highest BCUT2D eigenvalue weighted by Gasteiger charge is 2.10. The summed E-state index contributed by atoms with van der Waals surface area (Å²) in [5, 5.41) is 16.0. The van der Waals surface area contributed by atoms with Crippen molar-refractivity contribution < 1.29 is 14.0 Å². The number of hydrogen-bond donors (Lipinski definition) is 4. The predicted octanol–water partition coefficient (Wildman–Crippen LogP) is 8.19. The summed E-state index contributed by atoms with van der Waals surface area (Å²) >= 11 is 9.07. The summed E-state index contributed by atoms with van der Waals surface area (Å²) < 4.78 is 13.7. The number of anilines is 2. The minimum absolute atomic E-state index is 0.167. The highest BCUT2D eigenvalue weighted by Crippen LogP contribution is 2.36. The zero-order valence-electron chi connectivity index (χ0n) is 26.6. The van der Waals surface area contributed by atoms with Gasteiger partial charge in [-0.25, -0.2) is 14.0 Å². The molecule has 0 saturated carbocycles. The number of nitrogens with one attached hydrogen (secondary N) is 4. The molecule has 0 aliphatic rings. The Kier molecular flexibility index (Phi) is 15.9. The molecule has 0 saturated heterocycles. The topological polar surface area (TPSA) is 88.7 Å². The van der Waals surface area contributed by atoms with E-state index in [0.717, 1.165) is 52.0 Å². The molecule has 12 heteroatoms. The standard InChI is InChI=1S/C18H22FN3O.C16H20ClN3OS2/c1-22(2)13-5-12-20-18(23)21-15-10-8-14(9-11-15)16-6-3-4-7-17(16)19;1-20(2)9-3-8-18-16(21)19-14-10-22-11-15(14)23-13-6-4-12(17)5-7-13/h3-4,6-11H,5,12-13H2,1-2H3,(H2,20,21,23);4-7,10-11H,3,8-9H2,1-2H3,(H2,18,19,21). The smallest absolute Gasteiger partial charge is 0.319 e. The highest BCUT2D eigenvalue weighted by atomic mass is 35.5. The highest BCUT2D eigenvalue weighted by molar-refractivity contribution is 7.99. The van der Waals surface area contributed by atoms with Crippen molar-refractivity contribution in [1.82, 2.24) is 20.4 Å². The first-order valence-corrected chi connectivity index (χ1v) is 17.0. The van der Waals surface area contributed by atoms with Gasteiger partial charge in [-0.1, -0.05) is 53.7 Å². The molecule has 0 spiro atoms. The van der Waals surface area contributed by atoms with Crippen LogP contribution in [-0.4, -0.2) is 76.2 Å². The van der Waals surface area contributed by atoms with E-state index in [1.807, 2.05) is 63.2 Å². The number of rotatable bonds is 13. The summed E-state index contributed by atoms with van der Waals surface area (Å²) in [7, 11) is 8.03. The van der Waals surface area contributed by atoms with Gasteiger partial charge in [-0.15, -0.1) is 11.3 Å². The Morgan fingerprint density at radius 1 is 0.783 bits per heavy atom. The van der Waals surface area contributed by atoms with Gasteiger partial charge < -0.3 is 31.1 Å². The van der Waals surface area contributed by atoms with Crippen LogP contribution >= 0.6 is 34.7 Å². The summed E-state index contributed by atoms with van der Waals surface area (Å²) in [6.07, 6.45) is 1.82. The van der Waals surface area contributed by atoms with Gasteiger partial charge >= 0.3 is 12.1 Å². The van der Waals surface area contributed by atoms with E-state index in [9.17, 15) is 14.0 Å². The minimum Gasteiger partial charge on any atom is -0.338 e. The molecule has 3 aromatic carbocycles. The Morgan fingerprint density at radius 2 is 1.37 bits per heavy atom. The third kappa shape index (κ3) is 13.8. The van der Waals surface area contributed by atoms with Crippen LogP contribution in [-0.2, 0) is 0 Å². The SMILES string of the molecule is CN(C)CCCNC(=O)Nc1ccc(-c2ccccc2F)cc1.CN(C)CCCNC(=O)Nc1cscc1Sc1ccc(Cl)cc1. The predicted molar refractivity (Wildman–Crippen MR) is 192 cm³/mol. The van der Waals surface area contributed by atoms with Crippen molar-refractivity contribution >= 4 is 58.1 Å². The summed E-state index contributed by atoms with van der Waals surface area (Å²) in [4.78, 5) is 30.0. The van der Waals surface area contributed by atoms with E-state index in [-0.39, 0.29) is 17.9 Å². The number of hydrogen-bond acceptors (Lipinski definition) is 6. The number of benzene rings is 3. The van der Waals surface area contributed by atoms with Crippen molar-refractivity contribution in [2.24, 2.45) is 0 Å². The Morgan fingerprint density at radius 3 is 1.96 bits per heavy atom. The van der Waals surface area contributed by atoms with Crippen molar-refractivity contribution in [3.8, 4) is 11.1 Å². The van der Waals surface area contributed by atoms with E-state index >= 15 is 0 Å². The fourth-order valence-corrected chi connectivity index (χ4v) is 6.00. The van der Waals surface area contributed by atoms with Crippen LogP contribution in [0.3, 0.4) is 0 Å². The van der Waals surface area contributed by atoms with Gasteiger partial charge in [0.05, 0.1) is 5.69 Å². The zero-order valence-corrected chi connectivity index (χ0v) is 29.0. The van der Waals surface area contributed by atoms with Gasteiger partial charge in [0, 0.05) is 49.9 Å². The Balaban J connectivity index is 0.000000250. The van der Waals surface area contributed by atoms with Gasteiger partial charge in [0.2, 0.25) is 0 Å². The Labute approximate surface area is 284 Å². The van der Waals surface area contributed by atoms with E-state index in [4.69, 9.17) is 11.6 Å². The number of nitrogens with zero attached hydrogens (tertiary/aromatic N) is 2. The third-order valence-electron chi connectivity index (χ3n) is 6.38. The van der Waals surface area contributed by atoms with Crippen molar-refractivity contribution in [3.63, 3.8) is 0 Å². The second kappa shape index (κ2) is 19.8. The molecule has 46 heavy (non-hydrogen) atoms. The summed E-state index contributed by atoms with van der Waals surface area (Å²) in [5.74, 6) is -0.258. The molecule has 0 atom stereocenters. The van der Waals surface area contributed by atoms with Gasteiger partial charge in [0.1, 0.15) is 5.82 Å². The quantitative estimate of drug-likeness (QED) is 0.107. The average Bonchev–Trinajstić information content (AvgIpc) is 3.45. The number of urea groups is 2. The van der Waals surface area contributed by atoms with Gasteiger partial charge in [-0.2, -0.15) is 0 Å². The molecule has 4 rings (SSSR count). The van der Waals surface area contributed by atoms with Crippen LogP contribution in [0.1, 0.15) is 12.8 Å². The van der Waals surface area contributed by atoms with E-state index < -0.39 is 0 Å². The molecule has 0 aliphatic heterocycles. The number of carbonyl (C=O) groups excluding carboxylic acids is 2. The molecular weight excluding hydrogens is 643 g/mol. The Bertz CT molecular complexity index is 1500. The van der Waals surface area contributed by atoms with E-state index in [0.29, 0.717) is 24.3 Å². The average molecular weight is 685 g/mol. The van der Waals surface area contributed by atoms with Crippen LogP contribution in [0.4, 0.5) is 25.4 Å². The van der Waals surface area contributed by atoms with Crippen LogP contribution in [0.5, 0.6) is 0 Å². The molecule has 0 radical (unpaired) electrons. The fraction of sp³-hybridized carbons (Fsp3) is 0.294. The van der Waals surface area contributed by atoms with Gasteiger partial charge in [-0.3, -0.25) is 0 Å². The zero-order chi connectivity index (χ0) is 33.3. The molecule has 1 heterocycles. The molecule has 4 aromatic rings. The van der Waals surface area contributed by atoms with E-state index in [1.54, 1.807) is 65.6 Å². The lowest BCUT2D eigenvalue weighted by Crippen LogP contribution is -2.31. The van der Waals surface area contributed by atoms with Gasteiger partial charge in [0.15, 0.2) is 0 Å². The van der Waals surface area contributed by atoms with Crippen molar-refractivity contribution in [2.45, 2.75) is 22.6 Å². The molecule has 0 bridgehead atoms. The van der Waals surface area contributed by atoms with E-state index in [2.05, 4.69) is 31.1 Å². The lowest BCUT2D eigenvalue weighted by atomic mass is 10.1. The van der Waals surface area contributed by atoms with Gasteiger partial charge in [-0.05, 0) is 102 Å². The second-order valence-corrected chi connectivity index (χ2v) is 13.1. The lowest BCUT2D eigenvalue weighted by molar-refractivity contribution is 0.250. The van der Waals surface area contributed by atoms with Crippen molar-refractivity contribution in [3.05, 3.63) is 94.4 Å². The molecular formula is C34H42ClFN6O2S2. The molecule has 4 amide bonds. The number of thiophene rings is 1. The lowest BCUT2D eigenvalue weighted by Gasteiger charge is -2.11. The molecule has 0 aliphatic carbocycles. The van der Waals surface area contributed by atoms with E-state index in [1.165, 1.54) is 6.07 Å². The number of halogens is 2. The first kappa shape index (κ1) is 36.9. The molecule has 0 unspecified atom stereocenters. The maximum atomic E-state index is 13.7. The molecule has 1 aromatic heterocycles. The molecule has 0 fully saturated rings. The Hall–Kier alpha value is -3.61. The first-order chi connectivity index (χ1) is 22.1. The number of carbonyl (C=O) groups is 2. The largest absolute Gasteiger partial charge is 0.338 e. The maximum Gasteiger partial charge on any atom is 0.319 e. The molecule has 8 nitrogen and oxygen atoms in total. The minimum atomic E-state index is -0.258.